The van der Waals surface area contributed by atoms with E-state index in [-0.39, 0.29) is 18.4 Å². The van der Waals surface area contributed by atoms with Crippen molar-refractivity contribution in [1.82, 2.24) is 16.0 Å². The highest BCUT2D eigenvalue weighted by atomic mass is 16.1. The van der Waals surface area contributed by atoms with Crippen LogP contribution >= 0.6 is 0 Å². The van der Waals surface area contributed by atoms with E-state index in [2.05, 4.69) is 69.5 Å². The lowest BCUT2D eigenvalue weighted by Gasteiger charge is -2.20. The molecule has 2 aromatic rings. The maximum atomic E-state index is 11.7. The second-order valence-corrected chi connectivity index (χ2v) is 5.90. The first-order chi connectivity index (χ1) is 12.7. The number of nitrogens with zero attached hydrogens (tertiary/aromatic N) is 1. The van der Waals surface area contributed by atoms with Crippen LogP contribution in [0.15, 0.2) is 65.7 Å². The minimum Gasteiger partial charge on any atom is -0.357 e. The molecule has 0 radical (unpaired) electrons. The first-order valence-electron chi connectivity index (χ1n) is 9.13. The van der Waals surface area contributed by atoms with Crippen LogP contribution in [0.2, 0.25) is 0 Å². The Kier molecular flexibility index (Phi) is 8.19. The fourth-order valence-electron chi connectivity index (χ4n) is 2.74. The van der Waals surface area contributed by atoms with Crippen LogP contribution in [0.25, 0.3) is 0 Å². The summed E-state index contributed by atoms with van der Waals surface area (Å²) in [7, 11) is 0. The molecule has 3 N–H and O–H groups in total. The van der Waals surface area contributed by atoms with Crippen LogP contribution < -0.4 is 16.0 Å². The van der Waals surface area contributed by atoms with Gasteiger partial charge in [0, 0.05) is 25.6 Å². The summed E-state index contributed by atoms with van der Waals surface area (Å²) in [5.41, 5.74) is 2.48. The highest BCUT2D eigenvalue weighted by molar-refractivity contribution is 5.84. The zero-order chi connectivity index (χ0) is 18.6. The lowest BCUT2D eigenvalue weighted by atomic mass is 9.91. The van der Waals surface area contributed by atoms with Gasteiger partial charge in [-0.25, -0.2) is 4.99 Å². The normalized spacial score (nSPS) is 11.3. The first kappa shape index (κ1) is 19.5. The molecular formula is C21H28N4O. The first-order valence-corrected chi connectivity index (χ1v) is 9.13. The Hall–Kier alpha value is -2.82. The Morgan fingerprint density at radius 2 is 1.38 bits per heavy atom. The van der Waals surface area contributed by atoms with Gasteiger partial charge in [-0.15, -0.1) is 0 Å². The lowest BCUT2D eigenvalue weighted by molar-refractivity contribution is -0.119. The van der Waals surface area contributed by atoms with Gasteiger partial charge in [0.05, 0.1) is 0 Å². The molecule has 0 fully saturated rings. The SMILES string of the molecule is CCNC(=O)CN=C(NCC)NCC(c1ccccc1)c1ccccc1. The lowest BCUT2D eigenvalue weighted by Crippen LogP contribution is -2.40. The Labute approximate surface area is 155 Å². The number of benzene rings is 2. The summed E-state index contributed by atoms with van der Waals surface area (Å²) in [4.78, 5) is 16.0. The molecule has 2 aromatic carbocycles. The second kappa shape index (κ2) is 10.9. The van der Waals surface area contributed by atoms with Gasteiger partial charge >= 0.3 is 0 Å². The fourth-order valence-corrected chi connectivity index (χ4v) is 2.74. The molecule has 0 heterocycles. The van der Waals surface area contributed by atoms with Gasteiger partial charge in [-0.2, -0.15) is 0 Å². The summed E-state index contributed by atoms with van der Waals surface area (Å²) in [6.07, 6.45) is 0. The third-order valence-corrected chi connectivity index (χ3v) is 3.98. The van der Waals surface area contributed by atoms with Crippen LogP contribution in [0.3, 0.4) is 0 Å². The number of carbonyl (C=O) groups is 1. The summed E-state index contributed by atoms with van der Waals surface area (Å²) in [5.74, 6) is 0.772. The van der Waals surface area contributed by atoms with E-state index >= 15 is 0 Å². The molecule has 2 rings (SSSR count). The Morgan fingerprint density at radius 3 is 1.88 bits per heavy atom. The average molecular weight is 352 g/mol. The molecule has 5 nitrogen and oxygen atoms in total. The molecule has 0 spiro atoms. The van der Waals surface area contributed by atoms with Crippen molar-refractivity contribution in [3.8, 4) is 0 Å². The molecular weight excluding hydrogens is 324 g/mol. The van der Waals surface area contributed by atoms with Crippen LogP contribution in [-0.4, -0.2) is 38.0 Å². The summed E-state index contributed by atoms with van der Waals surface area (Å²) >= 11 is 0. The van der Waals surface area contributed by atoms with Crippen molar-refractivity contribution in [1.29, 1.82) is 0 Å². The third-order valence-electron chi connectivity index (χ3n) is 3.98. The molecule has 0 unspecified atom stereocenters. The number of amides is 1. The molecule has 1 amide bonds. The van der Waals surface area contributed by atoms with Gasteiger partial charge in [0.2, 0.25) is 5.91 Å². The summed E-state index contributed by atoms with van der Waals surface area (Å²) in [6.45, 7) is 6.06. The molecule has 138 valence electrons. The van der Waals surface area contributed by atoms with Crippen molar-refractivity contribution >= 4 is 11.9 Å². The van der Waals surface area contributed by atoms with Crippen molar-refractivity contribution in [3.63, 3.8) is 0 Å². The van der Waals surface area contributed by atoms with Crippen LogP contribution in [0, 0.1) is 0 Å². The molecule has 0 aliphatic rings. The summed E-state index contributed by atoms with van der Waals surface area (Å²) < 4.78 is 0. The van der Waals surface area contributed by atoms with Gasteiger partial charge in [0.15, 0.2) is 5.96 Å². The Balaban J connectivity index is 2.11. The number of likely N-dealkylation sites (N-methyl/N-ethyl adjacent to an activating group) is 1. The molecule has 26 heavy (non-hydrogen) atoms. The highest BCUT2D eigenvalue weighted by Gasteiger charge is 2.14. The Bertz CT molecular complexity index is 646. The molecule has 0 atom stereocenters. The van der Waals surface area contributed by atoms with E-state index in [0.29, 0.717) is 19.0 Å². The van der Waals surface area contributed by atoms with E-state index in [4.69, 9.17) is 0 Å². The quantitative estimate of drug-likeness (QED) is 0.505. The van der Waals surface area contributed by atoms with Crippen LogP contribution in [-0.2, 0) is 4.79 Å². The number of carbonyl (C=O) groups excluding carboxylic acids is 1. The molecule has 0 bridgehead atoms. The van der Waals surface area contributed by atoms with Gasteiger partial charge in [-0.3, -0.25) is 4.79 Å². The standard InChI is InChI=1S/C21H28N4O/c1-3-22-20(26)16-25-21(23-4-2)24-15-19(17-11-7-5-8-12-17)18-13-9-6-10-14-18/h5-14,19H,3-4,15-16H2,1-2H3,(H,22,26)(H2,23,24,25). The molecule has 5 heteroatoms. The van der Waals surface area contributed by atoms with Gasteiger partial charge in [0.25, 0.3) is 0 Å². The number of nitrogens with one attached hydrogen (secondary N) is 3. The zero-order valence-electron chi connectivity index (χ0n) is 15.5. The van der Waals surface area contributed by atoms with E-state index in [9.17, 15) is 4.79 Å². The van der Waals surface area contributed by atoms with Crippen molar-refractivity contribution in [2.24, 2.45) is 4.99 Å². The minimum absolute atomic E-state index is 0.0765. The van der Waals surface area contributed by atoms with E-state index < -0.39 is 0 Å². The smallest absolute Gasteiger partial charge is 0.241 e. The fraction of sp³-hybridized carbons (Fsp3) is 0.333. The van der Waals surface area contributed by atoms with Crippen LogP contribution in [0.4, 0.5) is 0 Å². The van der Waals surface area contributed by atoms with E-state index in [1.165, 1.54) is 11.1 Å². The van der Waals surface area contributed by atoms with E-state index in [0.717, 1.165) is 6.54 Å². The van der Waals surface area contributed by atoms with Gasteiger partial charge in [0.1, 0.15) is 6.54 Å². The maximum absolute atomic E-state index is 11.7. The summed E-state index contributed by atoms with van der Waals surface area (Å²) in [6, 6.07) is 20.8. The van der Waals surface area contributed by atoms with Crippen LogP contribution in [0.1, 0.15) is 30.9 Å². The van der Waals surface area contributed by atoms with Crippen molar-refractivity contribution in [2.45, 2.75) is 19.8 Å². The van der Waals surface area contributed by atoms with Crippen molar-refractivity contribution in [3.05, 3.63) is 71.8 Å². The zero-order valence-corrected chi connectivity index (χ0v) is 15.5. The second-order valence-electron chi connectivity index (χ2n) is 5.90. The van der Waals surface area contributed by atoms with E-state index in [1.54, 1.807) is 0 Å². The number of aliphatic imine (C=N–C) groups is 1. The third kappa shape index (κ3) is 6.24. The monoisotopic (exact) mass is 352 g/mol. The van der Waals surface area contributed by atoms with Crippen molar-refractivity contribution < 1.29 is 4.79 Å². The van der Waals surface area contributed by atoms with Gasteiger partial charge in [-0.1, -0.05) is 60.7 Å². The van der Waals surface area contributed by atoms with Crippen LogP contribution in [0.5, 0.6) is 0 Å². The minimum atomic E-state index is -0.0765. The average Bonchev–Trinajstić information content (AvgIpc) is 2.68. The van der Waals surface area contributed by atoms with Gasteiger partial charge in [-0.05, 0) is 25.0 Å². The number of rotatable bonds is 8. The summed E-state index contributed by atoms with van der Waals surface area (Å²) in [5, 5.41) is 9.33. The molecule has 0 aliphatic carbocycles. The van der Waals surface area contributed by atoms with Gasteiger partial charge < -0.3 is 16.0 Å². The largest absolute Gasteiger partial charge is 0.357 e. The highest BCUT2D eigenvalue weighted by Crippen LogP contribution is 2.23. The molecule has 0 saturated carbocycles. The molecule has 0 saturated heterocycles. The maximum Gasteiger partial charge on any atom is 0.241 e. The molecule has 0 aliphatic heterocycles. The predicted octanol–water partition coefficient (Wildman–Crippen LogP) is 2.51. The Morgan fingerprint density at radius 1 is 0.846 bits per heavy atom. The number of guanidine groups is 1. The van der Waals surface area contributed by atoms with E-state index in [1.807, 2.05) is 26.0 Å². The number of hydrogen-bond donors (Lipinski definition) is 3. The molecule has 0 aromatic heterocycles. The topological polar surface area (TPSA) is 65.5 Å². The number of hydrogen-bond acceptors (Lipinski definition) is 2. The van der Waals surface area contributed by atoms with Crippen molar-refractivity contribution in [2.75, 3.05) is 26.2 Å². The predicted molar refractivity (Wildman–Crippen MR) is 107 cm³/mol.